The van der Waals surface area contributed by atoms with E-state index >= 15 is 0 Å². The Kier molecular flexibility index (Phi) is 4.06. The molecule has 1 aromatic rings. The van der Waals surface area contributed by atoms with Crippen molar-refractivity contribution >= 4 is 15.9 Å². The summed E-state index contributed by atoms with van der Waals surface area (Å²) in [5, 5.41) is 0. The van der Waals surface area contributed by atoms with Crippen LogP contribution in [0.1, 0.15) is 5.56 Å². The first kappa shape index (κ1) is 12.4. The minimum Gasteiger partial charge on any atom is -0.305 e. The Morgan fingerprint density at radius 3 is 1.93 bits per heavy atom. The highest BCUT2D eigenvalue weighted by Crippen LogP contribution is 2.27. The first-order valence-corrected chi connectivity index (χ1v) is 4.56. The molecule has 15 heavy (non-hydrogen) atoms. The lowest BCUT2D eigenvalue weighted by molar-refractivity contribution is 0.0846. The third-order valence-electron chi connectivity index (χ3n) is 1.69. The van der Waals surface area contributed by atoms with Gasteiger partial charge in [0, 0.05) is 5.56 Å². The summed E-state index contributed by atoms with van der Waals surface area (Å²) in [4.78, 5) is 4.33. The molecule has 0 aliphatic heterocycles. The second kappa shape index (κ2) is 4.91. The van der Waals surface area contributed by atoms with Crippen molar-refractivity contribution in [2.75, 3.05) is 7.11 Å². The van der Waals surface area contributed by atoms with Crippen LogP contribution in [0.25, 0.3) is 0 Å². The van der Waals surface area contributed by atoms with Crippen LogP contribution in [-0.4, -0.2) is 7.11 Å². The van der Waals surface area contributed by atoms with Crippen molar-refractivity contribution in [3.05, 3.63) is 33.3 Å². The van der Waals surface area contributed by atoms with Gasteiger partial charge in [-0.3, -0.25) is 0 Å². The predicted molar refractivity (Wildman–Crippen MR) is 47.8 cm³/mol. The molecule has 0 heterocycles. The fourth-order valence-corrected chi connectivity index (χ4v) is 1.30. The molecule has 0 unspecified atom stereocenters. The minimum atomic E-state index is -1.47. The number of halogens is 5. The highest BCUT2D eigenvalue weighted by atomic mass is 79.9. The maximum atomic E-state index is 13.1. The molecule has 0 amide bonds. The van der Waals surface area contributed by atoms with E-state index in [1.54, 1.807) is 0 Å². The number of nitrogens with one attached hydrogen (secondary N) is 1. The van der Waals surface area contributed by atoms with E-state index in [9.17, 15) is 17.6 Å². The smallest absolute Gasteiger partial charge is 0.176 e. The maximum Gasteiger partial charge on any atom is 0.176 e. The Hall–Kier alpha value is -0.660. The van der Waals surface area contributed by atoms with Crippen molar-refractivity contribution in [3.8, 4) is 0 Å². The van der Waals surface area contributed by atoms with Crippen LogP contribution in [0, 0.1) is 23.3 Å². The lowest BCUT2D eigenvalue weighted by Gasteiger charge is -2.08. The summed E-state index contributed by atoms with van der Waals surface area (Å²) in [5.41, 5.74) is 1.34. The maximum absolute atomic E-state index is 13.1. The molecule has 0 aliphatic carbocycles. The summed E-state index contributed by atoms with van der Waals surface area (Å²) in [5.74, 6) is -5.85. The third kappa shape index (κ3) is 2.30. The van der Waals surface area contributed by atoms with Gasteiger partial charge in [-0.15, -0.1) is 0 Å². The van der Waals surface area contributed by atoms with Gasteiger partial charge in [-0.2, -0.15) is 5.48 Å². The van der Waals surface area contributed by atoms with Gasteiger partial charge >= 0.3 is 0 Å². The van der Waals surface area contributed by atoms with E-state index in [-0.39, 0.29) is 0 Å². The summed E-state index contributed by atoms with van der Waals surface area (Å²) in [7, 11) is 1.21. The first-order valence-electron chi connectivity index (χ1n) is 3.76. The zero-order valence-electron chi connectivity index (χ0n) is 7.51. The van der Waals surface area contributed by atoms with Crippen molar-refractivity contribution in [2.24, 2.45) is 0 Å². The summed E-state index contributed by atoms with van der Waals surface area (Å²) in [6.45, 7) is -0.477. The van der Waals surface area contributed by atoms with E-state index in [0.717, 1.165) is 0 Å². The molecule has 84 valence electrons. The number of rotatable bonds is 3. The summed E-state index contributed by atoms with van der Waals surface area (Å²) in [6.07, 6.45) is 0. The van der Waals surface area contributed by atoms with Crippen LogP contribution >= 0.6 is 15.9 Å². The molecule has 0 aliphatic rings. The van der Waals surface area contributed by atoms with Gasteiger partial charge in [-0.25, -0.2) is 17.6 Å². The molecular formula is C8H6BrF4NO. The molecule has 0 saturated carbocycles. The van der Waals surface area contributed by atoms with E-state index in [4.69, 9.17) is 0 Å². The van der Waals surface area contributed by atoms with Crippen molar-refractivity contribution in [1.82, 2.24) is 5.48 Å². The Morgan fingerprint density at radius 2 is 1.53 bits per heavy atom. The molecule has 1 rings (SSSR count). The van der Waals surface area contributed by atoms with Crippen LogP contribution in [-0.2, 0) is 11.4 Å². The van der Waals surface area contributed by atoms with E-state index in [0.29, 0.717) is 0 Å². The van der Waals surface area contributed by atoms with Crippen LogP contribution in [0.15, 0.2) is 4.47 Å². The van der Waals surface area contributed by atoms with Gasteiger partial charge in [0.25, 0.3) is 0 Å². The van der Waals surface area contributed by atoms with Crippen LogP contribution in [0.5, 0.6) is 0 Å². The number of hydroxylamine groups is 1. The molecule has 0 saturated heterocycles. The largest absolute Gasteiger partial charge is 0.305 e. The second-order valence-electron chi connectivity index (χ2n) is 2.57. The van der Waals surface area contributed by atoms with E-state index in [1.807, 2.05) is 0 Å². The molecule has 7 heteroatoms. The van der Waals surface area contributed by atoms with Crippen LogP contribution in [0.3, 0.4) is 0 Å². The monoisotopic (exact) mass is 287 g/mol. The quantitative estimate of drug-likeness (QED) is 0.399. The Bertz CT molecular complexity index is 356. The zero-order chi connectivity index (χ0) is 11.6. The molecule has 0 radical (unpaired) electrons. The molecule has 0 bridgehead atoms. The van der Waals surface area contributed by atoms with E-state index in [1.165, 1.54) is 7.11 Å². The fourth-order valence-electron chi connectivity index (χ4n) is 0.950. The number of benzene rings is 1. The predicted octanol–water partition coefficient (Wildman–Crippen LogP) is 2.66. The lowest BCUT2D eigenvalue weighted by atomic mass is 10.2. The van der Waals surface area contributed by atoms with Crippen LogP contribution in [0.2, 0.25) is 0 Å². The zero-order valence-corrected chi connectivity index (χ0v) is 9.09. The van der Waals surface area contributed by atoms with Gasteiger partial charge in [0.15, 0.2) is 23.3 Å². The molecule has 0 atom stereocenters. The van der Waals surface area contributed by atoms with Gasteiger partial charge < -0.3 is 4.84 Å². The summed E-state index contributed by atoms with van der Waals surface area (Å²) >= 11 is 2.40. The van der Waals surface area contributed by atoms with Gasteiger partial charge in [0.1, 0.15) is 0 Å². The molecule has 1 aromatic carbocycles. The average molecular weight is 288 g/mol. The van der Waals surface area contributed by atoms with Gasteiger partial charge in [0.2, 0.25) is 0 Å². The third-order valence-corrected chi connectivity index (χ3v) is 2.39. The molecule has 0 aromatic heterocycles. The van der Waals surface area contributed by atoms with Gasteiger partial charge in [-0.05, 0) is 15.9 Å². The standard InChI is InChI=1S/C8H6BrF4NO/c1-15-14-2-3-5(10)7(12)4(9)8(13)6(3)11/h14H,2H2,1H3. The van der Waals surface area contributed by atoms with Crippen molar-refractivity contribution in [1.29, 1.82) is 0 Å². The van der Waals surface area contributed by atoms with Crippen molar-refractivity contribution in [3.63, 3.8) is 0 Å². The number of hydrogen-bond donors (Lipinski definition) is 1. The average Bonchev–Trinajstić information content (AvgIpc) is 2.24. The molecule has 1 N–H and O–H groups in total. The SMILES string of the molecule is CONCc1c(F)c(F)c(Br)c(F)c1F. The van der Waals surface area contributed by atoms with E-state index in [2.05, 4.69) is 26.2 Å². The van der Waals surface area contributed by atoms with Crippen LogP contribution in [0.4, 0.5) is 17.6 Å². The lowest BCUT2D eigenvalue weighted by Crippen LogP contribution is -2.15. The Labute approximate surface area is 91.3 Å². The highest BCUT2D eigenvalue weighted by Gasteiger charge is 2.23. The summed E-state index contributed by atoms with van der Waals surface area (Å²) in [6, 6.07) is 0. The molecule has 0 fully saturated rings. The van der Waals surface area contributed by atoms with Crippen molar-refractivity contribution < 1.29 is 22.4 Å². The second-order valence-corrected chi connectivity index (χ2v) is 3.37. The summed E-state index contributed by atoms with van der Waals surface area (Å²) < 4.78 is 51.3. The van der Waals surface area contributed by atoms with Crippen LogP contribution < -0.4 is 5.48 Å². The van der Waals surface area contributed by atoms with Gasteiger partial charge in [-0.1, -0.05) is 0 Å². The molecule has 0 spiro atoms. The molecular weight excluding hydrogens is 282 g/mol. The van der Waals surface area contributed by atoms with E-state index < -0.39 is 39.8 Å². The first-order chi connectivity index (χ1) is 7.00. The topological polar surface area (TPSA) is 21.3 Å². The Balaban J connectivity index is 3.26. The molecule has 2 nitrogen and oxygen atoms in total. The minimum absolute atomic E-state index is 0.477. The Morgan fingerprint density at radius 1 is 1.07 bits per heavy atom. The number of hydrogen-bond acceptors (Lipinski definition) is 2. The normalized spacial score (nSPS) is 10.8. The van der Waals surface area contributed by atoms with Gasteiger partial charge in [0.05, 0.1) is 18.1 Å². The fraction of sp³-hybridized carbons (Fsp3) is 0.250. The van der Waals surface area contributed by atoms with Crippen molar-refractivity contribution in [2.45, 2.75) is 6.54 Å². The highest BCUT2D eigenvalue weighted by molar-refractivity contribution is 9.10.